The number of piperidine rings is 1. The summed E-state index contributed by atoms with van der Waals surface area (Å²) in [6.07, 6.45) is -2.03. The Morgan fingerprint density at radius 1 is 1.16 bits per heavy atom. The number of alkyl halides is 3. The summed E-state index contributed by atoms with van der Waals surface area (Å²) in [5, 5.41) is 22.1. The highest BCUT2D eigenvalue weighted by molar-refractivity contribution is 5.91. The zero-order valence-corrected chi connectivity index (χ0v) is 20.3. The molecule has 2 aliphatic rings. The van der Waals surface area contributed by atoms with Gasteiger partial charge in [0.1, 0.15) is 17.0 Å². The molecule has 0 aliphatic carbocycles. The maximum Gasteiger partial charge on any atom is 0.410 e. The van der Waals surface area contributed by atoms with E-state index >= 15 is 0 Å². The van der Waals surface area contributed by atoms with E-state index < -0.39 is 23.3 Å². The number of pyridine rings is 1. The van der Waals surface area contributed by atoms with E-state index in [-0.39, 0.29) is 23.4 Å². The first-order valence-corrected chi connectivity index (χ1v) is 12.4. The molecule has 9 nitrogen and oxygen atoms in total. The van der Waals surface area contributed by atoms with Gasteiger partial charge in [-0.05, 0) is 62.4 Å². The third-order valence-corrected chi connectivity index (χ3v) is 7.94. The van der Waals surface area contributed by atoms with Gasteiger partial charge in [-0.15, -0.1) is 0 Å². The number of aromatic amines is 1. The van der Waals surface area contributed by atoms with Crippen LogP contribution in [-0.4, -0.2) is 51.6 Å². The summed E-state index contributed by atoms with van der Waals surface area (Å²) in [5.74, 6) is 0.282. The molecule has 0 spiro atoms. The van der Waals surface area contributed by atoms with Gasteiger partial charge in [0.2, 0.25) is 0 Å². The third-order valence-electron chi connectivity index (χ3n) is 7.94. The lowest BCUT2D eigenvalue weighted by Crippen LogP contribution is -2.51. The molecule has 3 aromatic rings. The average molecular weight is 518 g/mol. The topological polar surface area (TPSA) is 118 Å². The van der Waals surface area contributed by atoms with Crippen molar-refractivity contribution in [1.82, 2.24) is 25.0 Å². The summed E-state index contributed by atoms with van der Waals surface area (Å²) in [7, 11) is 0. The summed E-state index contributed by atoms with van der Waals surface area (Å²) < 4.78 is 43.5. The smallest absolute Gasteiger partial charge is 0.410 e. The van der Waals surface area contributed by atoms with Gasteiger partial charge in [-0.25, -0.2) is 0 Å². The van der Waals surface area contributed by atoms with Crippen molar-refractivity contribution in [3.8, 4) is 0 Å². The Labute approximate surface area is 210 Å². The van der Waals surface area contributed by atoms with Crippen LogP contribution in [0.4, 0.5) is 29.5 Å². The maximum atomic E-state index is 13.9. The second kappa shape index (κ2) is 9.09. The predicted octanol–water partition coefficient (Wildman–Crippen LogP) is 3.15. The van der Waals surface area contributed by atoms with Crippen molar-refractivity contribution in [2.24, 2.45) is 0 Å². The number of hydrogen-bond acceptors (Lipinski definition) is 6. The molecular formula is C25H28F3N6O3-. The highest BCUT2D eigenvalue weighted by Crippen LogP contribution is 2.45. The lowest BCUT2D eigenvalue weighted by molar-refractivity contribution is -0.267. The molecule has 2 aliphatic heterocycles. The molecule has 2 fully saturated rings. The van der Waals surface area contributed by atoms with Crippen molar-refractivity contribution in [3.63, 3.8) is 0 Å². The minimum atomic E-state index is -4.43. The number of amides is 1. The molecule has 0 bridgehead atoms. The Kier molecular flexibility index (Phi) is 6.17. The van der Waals surface area contributed by atoms with Crippen LogP contribution >= 0.6 is 0 Å². The molecule has 0 radical (unpaired) electrons. The highest BCUT2D eigenvalue weighted by Gasteiger charge is 2.57. The van der Waals surface area contributed by atoms with Crippen LogP contribution in [0.5, 0.6) is 0 Å². The SMILES string of the molecule is CCC1(n2nc(Nc3ccc(C4(C(F)(F)F)CCCN4)cc3)c3c(=O)[nH]ccc32)CCN(C(=O)[O-])CC1. The fourth-order valence-electron chi connectivity index (χ4n) is 5.72. The molecule has 1 unspecified atom stereocenters. The Morgan fingerprint density at radius 2 is 1.86 bits per heavy atom. The number of anilines is 2. The molecule has 1 aromatic carbocycles. The standard InChI is InChI=1S/C25H29F3N6O3/c1-2-23(10-14-33(15-11-23)22(36)37)34-18-8-13-29-21(35)19(18)20(32-34)31-17-6-4-16(5-7-17)24(25(26,27)28)9-3-12-30-24/h4-8,13,30H,2-3,9-12,14-15H2,1H3,(H,29,35)(H,31,32)(H,36,37)/p-1. The zero-order valence-electron chi connectivity index (χ0n) is 20.3. The van der Waals surface area contributed by atoms with Crippen molar-refractivity contribution in [3.05, 3.63) is 52.4 Å². The summed E-state index contributed by atoms with van der Waals surface area (Å²) in [6, 6.07) is 7.75. The van der Waals surface area contributed by atoms with Crippen LogP contribution in [0.2, 0.25) is 0 Å². The molecule has 4 heterocycles. The number of likely N-dealkylation sites (tertiary alicyclic amines) is 1. The molecule has 2 aromatic heterocycles. The summed E-state index contributed by atoms with van der Waals surface area (Å²) >= 11 is 0. The number of H-pyrrole nitrogens is 1. The van der Waals surface area contributed by atoms with Crippen LogP contribution in [0.25, 0.3) is 10.9 Å². The Bertz CT molecular complexity index is 1350. The second-order valence-corrected chi connectivity index (χ2v) is 9.79. The molecule has 3 N–H and O–H groups in total. The van der Waals surface area contributed by atoms with E-state index in [1.165, 1.54) is 23.2 Å². The maximum absolute atomic E-state index is 13.9. The number of halogens is 3. The van der Waals surface area contributed by atoms with Crippen LogP contribution in [0.3, 0.4) is 0 Å². The van der Waals surface area contributed by atoms with Gasteiger partial charge in [-0.3, -0.25) is 14.8 Å². The van der Waals surface area contributed by atoms with Gasteiger partial charge < -0.3 is 25.1 Å². The van der Waals surface area contributed by atoms with Crippen LogP contribution < -0.4 is 21.3 Å². The van der Waals surface area contributed by atoms with E-state index in [1.807, 2.05) is 6.92 Å². The van der Waals surface area contributed by atoms with Gasteiger partial charge in [0.05, 0.1) is 11.1 Å². The molecular weight excluding hydrogens is 489 g/mol. The van der Waals surface area contributed by atoms with E-state index in [1.54, 1.807) is 22.9 Å². The number of rotatable bonds is 5. The molecule has 2 saturated heterocycles. The minimum absolute atomic E-state index is 0.0256. The molecule has 5 rings (SSSR count). The lowest BCUT2D eigenvalue weighted by atomic mass is 9.85. The van der Waals surface area contributed by atoms with E-state index in [2.05, 4.69) is 15.6 Å². The highest BCUT2D eigenvalue weighted by atomic mass is 19.4. The number of aromatic nitrogens is 3. The van der Waals surface area contributed by atoms with E-state index in [0.717, 1.165) is 0 Å². The first-order chi connectivity index (χ1) is 17.6. The first-order valence-electron chi connectivity index (χ1n) is 12.4. The fourth-order valence-corrected chi connectivity index (χ4v) is 5.72. The second-order valence-electron chi connectivity index (χ2n) is 9.79. The normalized spacial score (nSPS) is 21.9. The van der Waals surface area contributed by atoms with Crippen molar-refractivity contribution in [2.45, 2.75) is 56.3 Å². The number of hydrogen-bond donors (Lipinski definition) is 3. The molecule has 12 heteroatoms. The van der Waals surface area contributed by atoms with Crippen molar-refractivity contribution >= 4 is 28.5 Å². The quantitative estimate of drug-likeness (QED) is 0.479. The van der Waals surface area contributed by atoms with Gasteiger partial charge >= 0.3 is 6.18 Å². The number of nitrogens with one attached hydrogen (secondary N) is 3. The number of carboxylic acid groups (broad SMARTS) is 1. The minimum Gasteiger partial charge on any atom is -0.530 e. The number of carbonyl (C=O) groups excluding carboxylic acids is 1. The van der Waals surface area contributed by atoms with E-state index in [0.29, 0.717) is 61.9 Å². The number of fused-ring (bicyclic) bond motifs is 1. The van der Waals surface area contributed by atoms with E-state index in [9.17, 15) is 27.9 Å². The van der Waals surface area contributed by atoms with Gasteiger partial charge in [-0.2, -0.15) is 18.3 Å². The molecule has 37 heavy (non-hydrogen) atoms. The summed E-state index contributed by atoms with van der Waals surface area (Å²) in [6.45, 7) is 2.88. The third kappa shape index (κ3) is 4.12. The molecule has 1 atom stereocenters. The first kappa shape index (κ1) is 25.1. The van der Waals surface area contributed by atoms with Crippen LogP contribution in [0, 0.1) is 0 Å². The largest absolute Gasteiger partial charge is 0.530 e. The predicted molar refractivity (Wildman–Crippen MR) is 130 cm³/mol. The van der Waals surface area contributed by atoms with Crippen LogP contribution in [0.1, 0.15) is 44.6 Å². The fraction of sp³-hybridized carbons (Fsp3) is 0.480. The summed E-state index contributed by atoms with van der Waals surface area (Å²) in [4.78, 5) is 28.1. The number of benzene rings is 1. The Balaban J connectivity index is 1.50. The Morgan fingerprint density at radius 3 is 2.43 bits per heavy atom. The zero-order chi connectivity index (χ0) is 26.4. The lowest BCUT2D eigenvalue weighted by Gasteiger charge is -2.42. The number of nitrogens with zero attached hydrogens (tertiary/aromatic N) is 3. The van der Waals surface area contributed by atoms with Gasteiger partial charge in [-0.1, -0.05) is 19.1 Å². The van der Waals surface area contributed by atoms with Crippen molar-refractivity contribution in [1.29, 1.82) is 0 Å². The molecule has 0 saturated carbocycles. The molecule has 1 amide bonds. The van der Waals surface area contributed by atoms with Gasteiger partial charge in [0.15, 0.2) is 5.82 Å². The average Bonchev–Trinajstić information content (AvgIpc) is 3.52. The summed E-state index contributed by atoms with van der Waals surface area (Å²) in [5.41, 5.74) is -1.70. The van der Waals surface area contributed by atoms with Gasteiger partial charge in [0, 0.05) is 25.0 Å². The van der Waals surface area contributed by atoms with E-state index in [4.69, 9.17) is 5.10 Å². The van der Waals surface area contributed by atoms with Crippen molar-refractivity contribution < 1.29 is 23.1 Å². The van der Waals surface area contributed by atoms with Crippen LogP contribution in [-0.2, 0) is 11.1 Å². The monoisotopic (exact) mass is 517 g/mol. The molecule has 198 valence electrons. The van der Waals surface area contributed by atoms with Crippen molar-refractivity contribution in [2.75, 3.05) is 25.0 Å². The van der Waals surface area contributed by atoms with Crippen LogP contribution in [0.15, 0.2) is 41.3 Å². The van der Waals surface area contributed by atoms with Gasteiger partial charge in [0.25, 0.3) is 5.56 Å². The number of carbonyl (C=O) groups is 1. The Hall–Kier alpha value is -3.54.